The van der Waals surface area contributed by atoms with Crippen molar-refractivity contribution in [1.82, 2.24) is 14.9 Å². The summed E-state index contributed by atoms with van der Waals surface area (Å²) >= 11 is 6.05. The Bertz CT molecular complexity index is 593. The van der Waals surface area contributed by atoms with Crippen molar-refractivity contribution in [2.45, 2.75) is 19.9 Å². The quantitative estimate of drug-likeness (QED) is 0.704. The summed E-state index contributed by atoms with van der Waals surface area (Å²) in [7, 11) is -1.49. The SMILES string of the molecule is CCS(=O)(=O)NCCCNC(=O)N(C)Cc1ccccc1Cl. The molecule has 22 heavy (non-hydrogen) atoms. The number of hydrogen-bond donors (Lipinski definition) is 2. The number of carbonyl (C=O) groups excluding carboxylic acids is 1. The van der Waals surface area contributed by atoms with Crippen molar-refractivity contribution in [3.05, 3.63) is 34.9 Å². The minimum Gasteiger partial charge on any atom is -0.338 e. The molecule has 8 heteroatoms. The number of nitrogens with zero attached hydrogens (tertiary/aromatic N) is 1. The van der Waals surface area contributed by atoms with Crippen LogP contribution in [-0.4, -0.2) is 45.2 Å². The molecule has 0 radical (unpaired) electrons. The van der Waals surface area contributed by atoms with Gasteiger partial charge in [0.05, 0.1) is 5.75 Å². The second-order valence-corrected chi connectivity index (χ2v) is 7.33. The van der Waals surface area contributed by atoms with Crippen LogP contribution in [0.4, 0.5) is 4.79 Å². The third-order valence-corrected chi connectivity index (χ3v) is 4.82. The molecule has 0 saturated heterocycles. The van der Waals surface area contributed by atoms with Crippen molar-refractivity contribution < 1.29 is 13.2 Å². The second kappa shape index (κ2) is 8.97. The summed E-state index contributed by atoms with van der Waals surface area (Å²) in [6.45, 7) is 2.70. The van der Waals surface area contributed by atoms with E-state index in [1.54, 1.807) is 20.0 Å². The van der Waals surface area contributed by atoms with Gasteiger partial charge < -0.3 is 10.2 Å². The molecule has 2 amide bonds. The molecular formula is C14H22ClN3O3S. The molecule has 124 valence electrons. The van der Waals surface area contributed by atoms with Gasteiger partial charge in [-0.1, -0.05) is 29.8 Å². The van der Waals surface area contributed by atoms with Gasteiger partial charge in [0, 0.05) is 31.7 Å². The minimum absolute atomic E-state index is 0.0555. The van der Waals surface area contributed by atoms with E-state index in [0.29, 0.717) is 31.1 Å². The monoisotopic (exact) mass is 347 g/mol. The zero-order valence-electron chi connectivity index (χ0n) is 12.8. The number of rotatable bonds is 8. The Kier molecular flexibility index (Phi) is 7.64. The van der Waals surface area contributed by atoms with Crippen LogP contribution in [-0.2, 0) is 16.6 Å². The van der Waals surface area contributed by atoms with Crippen molar-refractivity contribution in [2.24, 2.45) is 0 Å². The fraction of sp³-hybridized carbons (Fsp3) is 0.500. The highest BCUT2D eigenvalue weighted by molar-refractivity contribution is 7.89. The minimum atomic E-state index is -3.17. The van der Waals surface area contributed by atoms with E-state index < -0.39 is 10.0 Å². The Hall–Kier alpha value is -1.31. The smallest absolute Gasteiger partial charge is 0.317 e. The largest absolute Gasteiger partial charge is 0.338 e. The maximum absolute atomic E-state index is 11.9. The number of nitrogens with one attached hydrogen (secondary N) is 2. The number of carbonyl (C=O) groups is 1. The van der Waals surface area contributed by atoms with Gasteiger partial charge in [-0.15, -0.1) is 0 Å². The first kappa shape index (κ1) is 18.7. The molecule has 0 fully saturated rings. The number of halogens is 1. The zero-order valence-corrected chi connectivity index (χ0v) is 14.4. The third-order valence-electron chi connectivity index (χ3n) is 3.04. The van der Waals surface area contributed by atoms with E-state index in [-0.39, 0.29) is 11.8 Å². The van der Waals surface area contributed by atoms with E-state index in [1.807, 2.05) is 18.2 Å². The van der Waals surface area contributed by atoms with Crippen LogP contribution >= 0.6 is 11.6 Å². The molecule has 0 heterocycles. The van der Waals surface area contributed by atoms with Crippen LogP contribution in [0.1, 0.15) is 18.9 Å². The fourth-order valence-electron chi connectivity index (χ4n) is 1.70. The van der Waals surface area contributed by atoms with Gasteiger partial charge in [-0.05, 0) is 25.0 Å². The molecule has 0 bridgehead atoms. The molecule has 0 aliphatic heterocycles. The van der Waals surface area contributed by atoms with E-state index >= 15 is 0 Å². The molecule has 2 N–H and O–H groups in total. The predicted octanol–water partition coefficient (Wildman–Crippen LogP) is 1.81. The summed E-state index contributed by atoms with van der Waals surface area (Å²) in [6, 6.07) is 7.13. The van der Waals surface area contributed by atoms with E-state index in [9.17, 15) is 13.2 Å². The Morgan fingerprint density at radius 2 is 1.95 bits per heavy atom. The number of benzene rings is 1. The zero-order chi connectivity index (χ0) is 16.6. The summed E-state index contributed by atoms with van der Waals surface area (Å²) in [6.07, 6.45) is 0.533. The molecule has 0 aliphatic carbocycles. The Balaban J connectivity index is 2.29. The normalized spacial score (nSPS) is 11.2. The predicted molar refractivity (Wildman–Crippen MR) is 88.4 cm³/mol. The molecule has 0 spiro atoms. The lowest BCUT2D eigenvalue weighted by molar-refractivity contribution is 0.207. The highest BCUT2D eigenvalue weighted by Crippen LogP contribution is 2.16. The number of sulfonamides is 1. The van der Waals surface area contributed by atoms with Crippen molar-refractivity contribution in [3.63, 3.8) is 0 Å². The van der Waals surface area contributed by atoms with Gasteiger partial charge in [0.15, 0.2) is 0 Å². The molecule has 0 aromatic heterocycles. The van der Waals surface area contributed by atoms with Crippen LogP contribution in [0, 0.1) is 0 Å². The molecule has 1 aromatic carbocycles. The van der Waals surface area contributed by atoms with Crippen molar-refractivity contribution in [3.8, 4) is 0 Å². The van der Waals surface area contributed by atoms with E-state index in [0.717, 1.165) is 5.56 Å². The Morgan fingerprint density at radius 1 is 1.27 bits per heavy atom. The second-order valence-electron chi connectivity index (χ2n) is 4.83. The molecule has 0 aliphatic rings. The van der Waals surface area contributed by atoms with Crippen LogP contribution in [0.3, 0.4) is 0 Å². The average Bonchev–Trinajstić information content (AvgIpc) is 2.49. The first-order valence-corrected chi connectivity index (χ1v) is 9.08. The lowest BCUT2D eigenvalue weighted by Crippen LogP contribution is -2.38. The van der Waals surface area contributed by atoms with Crippen LogP contribution in [0.2, 0.25) is 5.02 Å². The van der Waals surface area contributed by atoms with Gasteiger partial charge >= 0.3 is 6.03 Å². The van der Waals surface area contributed by atoms with Gasteiger partial charge in [-0.3, -0.25) is 0 Å². The highest BCUT2D eigenvalue weighted by atomic mass is 35.5. The van der Waals surface area contributed by atoms with Crippen LogP contribution in [0.25, 0.3) is 0 Å². The van der Waals surface area contributed by atoms with Crippen LogP contribution in [0.5, 0.6) is 0 Å². The van der Waals surface area contributed by atoms with Gasteiger partial charge in [0.2, 0.25) is 10.0 Å². The topological polar surface area (TPSA) is 78.5 Å². The first-order valence-electron chi connectivity index (χ1n) is 7.05. The third kappa shape index (κ3) is 6.64. The van der Waals surface area contributed by atoms with Crippen LogP contribution < -0.4 is 10.0 Å². The Morgan fingerprint density at radius 3 is 2.59 bits per heavy atom. The van der Waals surface area contributed by atoms with Crippen molar-refractivity contribution >= 4 is 27.7 Å². The summed E-state index contributed by atoms with van der Waals surface area (Å²) < 4.78 is 24.9. The maximum Gasteiger partial charge on any atom is 0.317 e. The van der Waals surface area contributed by atoms with E-state index in [2.05, 4.69) is 10.0 Å². The summed E-state index contributed by atoms with van der Waals surface area (Å²) in [5.74, 6) is 0.0555. The number of amides is 2. The van der Waals surface area contributed by atoms with E-state index in [4.69, 9.17) is 11.6 Å². The van der Waals surface area contributed by atoms with Gasteiger partial charge in [-0.2, -0.15) is 0 Å². The number of hydrogen-bond acceptors (Lipinski definition) is 3. The van der Waals surface area contributed by atoms with Crippen molar-refractivity contribution in [1.29, 1.82) is 0 Å². The Labute approximate surface area is 136 Å². The molecular weight excluding hydrogens is 326 g/mol. The lowest BCUT2D eigenvalue weighted by atomic mass is 10.2. The molecule has 0 atom stereocenters. The molecule has 0 saturated carbocycles. The lowest BCUT2D eigenvalue weighted by Gasteiger charge is -2.18. The summed E-state index contributed by atoms with van der Waals surface area (Å²) in [4.78, 5) is 13.4. The number of urea groups is 1. The summed E-state index contributed by atoms with van der Waals surface area (Å²) in [5.41, 5.74) is 0.873. The first-order chi connectivity index (χ1) is 10.4. The van der Waals surface area contributed by atoms with Gasteiger partial charge in [0.1, 0.15) is 0 Å². The highest BCUT2D eigenvalue weighted by Gasteiger charge is 2.10. The van der Waals surface area contributed by atoms with Gasteiger partial charge in [-0.25, -0.2) is 17.9 Å². The van der Waals surface area contributed by atoms with Crippen molar-refractivity contribution in [2.75, 3.05) is 25.9 Å². The average molecular weight is 348 g/mol. The summed E-state index contributed by atoms with van der Waals surface area (Å²) in [5, 5.41) is 3.36. The molecule has 6 nitrogen and oxygen atoms in total. The van der Waals surface area contributed by atoms with E-state index in [1.165, 1.54) is 4.90 Å². The van der Waals surface area contributed by atoms with Gasteiger partial charge in [0.25, 0.3) is 0 Å². The van der Waals surface area contributed by atoms with Crippen LogP contribution in [0.15, 0.2) is 24.3 Å². The molecule has 1 rings (SSSR count). The maximum atomic E-state index is 11.9. The molecule has 1 aromatic rings. The molecule has 0 unspecified atom stereocenters. The fourth-order valence-corrected chi connectivity index (χ4v) is 2.56. The standard InChI is InChI=1S/C14H22ClN3O3S/c1-3-22(20,21)17-10-6-9-16-14(19)18(2)11-12-7-4-5-8-13(12)15/h4-5,7-8,17H,3,6,9-11H2,1-2H3,(H,16,19).